The number of benzene rings is 1. The van der Waals surface area contributed by atoms with E-state index < -0.39 is 0 Å². The molecule has 116 valence electrons. The number of thioether (sulfide) groups is 1. The molecule has 0 radical (unpaired) electrons. The Kier molecular flexibility index (Phi) is 4.62. The van der Waals surface area contributed by atoms with Crippen LogP contribution >= 0.6 is 11.8 Å². The van der Waals surface area contributed by atoms with E-state index in [0.29, 0.717) is 18.4 Å². The zero-order valence-electron chi connectivity index (χ0n) is 12.4. The number of anilines is 1. The number of aromatic nitrogens is 3. The highest BCUT2D eigenvalue weighted by Gasteiger charge is 2.26. The Morgan fingerprint density at radius 1 is 1.41 bits per heavy atom. The van der Waals surface area contributed by atoms with E-state index in [1.165, 1.54) is 24.6 Å². The van der Waals surface area contributed by atoms with Crippen LogP contribution in [0.25, 0.3) is 0 Å². The smallest absolute Gasteiger partial charge is 0.234 e. The minimum atomic E-state index is -0.0560. The fourth-order valence-electron chi connectivity index (χ4n) is 2.07. The SMILES string of the molecule is CCOc1ccc(NC(=O)CSc2nncn2C2CC2)cc1. The summed E-state index contributed by atoms with van der Waals surface area (Å²) in [5.41, 5.74) is 0.762. The lowest BCUT2D eigenvalue weighted by Gasteiger charge is -2.07. The van der Waals surface area contributed by atoms with Gasteiger partial charge in [0.1, 0.15) is 12.1 Å². The Bertz CT molecular complexity index is 637. The van der Waals surface area contributed by atoms with Crippen molar-refractivity contribution >= 4 is 23.4 Å². The van der Waals surface area contributed by atoms with Gasteiger partial charge in [0.05, 0.1) is 12.4 Å². The van der Waals surface area contributed by atoms with Crippen molar-refractivity contribution in [1.29, 1.82) is 0 Å². The molecule has 1 saturated carbocycles. The number of amides is 1. The zero-order chi connectivity index (χ0) is 15.4. The van der Waals surface area contributed by atoms with Crippen molar-refractivity contribution < 1.29 is 9.53 Å². The lowest BCUT2D eigenvalue weighted by molar-refractivity contribution is -0.113. The summed E-state index contributed by atoms with van der Waals surface area (Å²) in [5, 5.41) is 11.7. The monoisotopic (exact) mass is 318 g/mol. The highest BCUT2D eigenvalue weighted by Crippen LogP contribution is 2.37. The van der Waals surface area contributed by atoms with Gasteiger partial charge in [0.15, 0.2) is 5.16 Å². The second kappa shape index (κ2) is 6.83. The summed E-state index contributed by atoms with van der Waals surface area (Å²) in [5.74, 6) is 1.06. The summed E-state index contributed by atoms with van der Waals surface area (Å²) < 4.78 is 7.42. The van der Waals surface area contributed by atoms with E-state index in [0.717, 1.165) is 16.6 Å². The van der Waals surface area contributed by atoms with Crippen LogP contribution in [-0.4, -0.2) is 33.0 Å². The quantitative estimate of drug-likeness (QED) is 0.795. The molecule has 1 heterocycles. The van der Waals surface area contributed by atoms with Crippen LogP contribution in [0.1, 0.15) is 25.8 Å². The van der Waals surface area contributed by atoms with Gasteiger partial charge in [0.25, 0.3) is 0 Å². The molecule has 0 spiro atoms. The van der Waals surface area contributed by atoms with Crippen LogP contribution in [0.3, 0.4) is 0 Å². The first-order valence-corrected chi connectivity index (χ1v) is 8.30. The average molecular weight is 318 g/mol. The third-order valence-corrected chi connectivity index (χ3v) is 4.22. The molecule has 1 fully saturated rings. The van der Waals surface area contributed by atoms with Crippen LogP contribution < -0.4 is 10.1 Å². The number of nitrogens with one attached hydrogen (secondary N) is 1. The van der Waals surface area contributed by atoms with E-state index in [1.807, 2.05) is 31.2 Å². The van der Waals surface area contributed by atoms with Gasteiger partial charge in [-0.1, -0.05) is 11.8 Å². The average Bonchev–Trinajstić information content (AvgIpc) is 3.26. The number of carbonyl (C=O) groups is 1. The molecule has 22 heavy (non-hydrogen) atoms. The summed E-state index contributed by atoms with van der Waals surface area (Å²) >= 11 is 1.41. The maximum absolute atomic E-state index is 12.0. The molecule has 1 amide bonds. The first kappa shape index (κ1) is 14.9. The van der Waals surface area contributed by atoms with Crippen LogP contribution in [0.15, 0.2) is 35.7 Å². The molecule has 2 aromatic rings. The van der Waals surface area contributed by atoms with E-state index in [9.17, 15) is 4.79 Å². The van der Waals surface area contributed by atoms with Gasteiger partial charge in [0.2, 0.25) is 5.91 Å². The fourth-order valence-corrected chi connectivity index (χ4v) is 2.85. The van der Waals surface area contributed by atoms with Crippen molar-refractivity contribution in [3.8, 4) is 5.75 Å². The Balaban J connectivity index is 1.50. The van der Waals surface area contributed by atoms with Gasteiger partial charge in [0, 0.05) is 11.7 Å². The lowest BCUT2D eigenvalue weighted by Crippen LogP contribution is -2.14. The second-order valence-corrected chi connectivity index (χ2v) is 5.99. The van der Waals surface area contributed by atoms with Crippen LogP contribution in [0.4, 0.5) is 5.69 Å². The normalized spacial score (nSPS) is 13.9. The minimum absolute atomic E-state index is 0.0560. The molecule has 0 saturated heterocycles. The molecule has 1 aliphatic carbocycles. The fraction of sp³-hybridized carbons (Fsp3) is 0.400. The molecule has 3 rings (SSSR count). The van der Waals surface area contributed by atoms with E-state index >= 15 is 0 Å². The molecule has 6 nitrogen and oxygen atoms in total. The van der Waals surface area contributed by atoms with Crippen molar-refractivity contribution in [1.82, 2.24) is 14.8 Å². The number of hydrogen-bond acceptors (Lipinski definition) is 5. The van der Waals surface area contributed by atoms with Crippen LogP contribution in [0.2, 0.25) is 0 Å². The van der Waals surface area contributed by atoms with Crippen LogP contribution in [-0.2, 0) is 4.79 Å². The Morgan fingerprint density at radius 2 is 2.18 bits per heavy atom. The Morgan fingerprint density at radius 3 is 2.86 bits per heavy atom. The summed E-state index contributed by atoms with van der Waals surface area (Å²) in [6, 6.07) is 7.87. The molecular weight excluding hydrogens is 300 g/mol. The molecule has 1 aliphatic rings. The largest absolute Gasteiger partial charge is 0.494 e. The van der Waals surface area contributed by atoms with E-state index in [1.54, 1.807) is 6.33 Å². The first-order valence-electron chi connectivity index (χ1n) is 7.31. The summed E-state index contributed by atoms with van der Waals surface area (Å²) in [6.45, 7) is 2.57. The van der Waals surface area contributed by atoms with Gasteiger partial charge in [-0.15, -0.1) is 10.2 Å². The van der Waals surface area contributed by atoms with Crippen LogP contribution in [0, 0.1) is 0 Å². The zero-order valence-corrected chi connectivity index (χ0v) is 13.2. The van der Waals surface area contributed by atoms with Gasteiger partial charge in [-0.3, -0.25) is 4.79 Å². The molecular formula is C15H18N4O2S. The molecule has 0 bridgehead atoms. The topological polar surface area (TPSA) is 69.0 Å². The number of carbonyl (C=O) groups excluding carboxylic acids is 1. The minimum Gasteiger partial charge on any atom is -0.494 e. The summed E-state index contributed by atoms with van der Waals surface area (Å²) in [7, 11) is 0. The van der Waals surface area contributed by atoms with Crippen molar-refractivity contribution in [2.45, 2.75) is 31.0 Å². The number of rotatable bonds is 7. The molecule has 0 aliphatic heterocycles. The summed E-state index contributed by atoms with van der Waals surface area (Å²) in [4.78, 5) is 12.0. The molecule has 0 atom stereocenters. The van der Waals surface area contributed by atoms with Gasteiger partial charge in [-0.2, -0.15) is 0 Å². The standard InChI is InChI=1S/C15H18N4O2S/c1-2-21-13-7-3-11(4-8-13)17-14(20)9-22-15-18-16-10-19(15)12-5-6-12/h3-4,7-8,10,12H,2,5-6,9H2,1H3,(H,17,20). The third-order valence-electron chi connectivity index (χ3n) is 3.26. The maximum Gasteiger partial charge on any atom is 0.234 e. The maximum atomic E-state index is 12.0. The molecule has 1 N–H and O–H groups in total. The highest BCUT2D eigenvalue weighted by molar-refractivity contribution is 7.99. The number of ether oxygens (including phenoxy) is 1. The highest BCUT2D eigenvalue weighted by atomic mass is 32.2. The van der Waals surface area contributed by atoms with Gasteiger partial charge >= 0.3 is 0 Å². The predicted molar refractivity (Wildman–Crippen MR) is 85.3 cm³/mol. The van der Waals surface area contributed by atoms with E-state index in [4.69, 9.17) is 4.74 Å². The number of hydrogen-bond donors (Lipinski definition) is 1. The van der Waals surface area contributed by atoms with Gasteiger partial charge in [-0.05, 0) is 44.0 Å². The molecule has 7 heteroatoms. The Hall–Kier alpha value is -2.02. The van der Waals surface area contributed by atoms with Gasteiger partial charge < -0.3 is 14.6 Å². The number of nitrogens with zero attached hydrogens (tertiary/aromatic N) is 3. The molecule has 0 unspecified atom stereocenters. The van der Waals surface area contributed by atoms with Crippen molar-refractivity contribution in [3.05, 3.63) is 30.6 Å². The summed E-state index contributed by atoms with van der Waals surface area (Å²) in [6.07, 6.45) is 4.08. The van der Waals surface area contributed by atoms with Gasteiger partial charge in [-0.25, -0.2) is 0 Å². The predicted octanol–water partition coefficient (Wildman–Crippen LogP) is 2.74. The first-order chi connectivity index (χ1) is 10.8. The Labute approximate surface area is 133 Å². The third kappa shape index (κ3) is 3.79. The lowest BCUT2D eigenvalue weighted by atomic mass is 10.3. The van der Waals surface area contributed by atoms with Crippen molar-refractivity contribution in [3.63, 3.8) is 0 Å². The molecule has 1 aromatic heterocycles. The van der Waals surface area contributed by atoms with Crippen molar-refractivity contribution in [2.24, 2.45) is 0 Å². The van der Waals surface area contributed by atoms with E-state index in [2.05, 4.69) is 20.1 Å². The van der Waals surface area contributed by atoms with Crippen LogP contribution in [0.5, 0.6) is 5.75 Å². The molecule has 1 aromatic carbocycles. The van der Waals surface area contributed by atoms with E-state index in [-0.39, 0.29) is 5.91 Å². The van der Waals surface area contributed by atoms with Crippen molar-refractivity contribution in [2.75, 3.05) is 17.7 Å². The second-order valence-electron chi connectivity index (χ2n) is 5.05.